The van der Waals surface area contributed by atoms with Crippen molar-refractivity contribution in [2.75, 3.05) is 25.5 Å². The van der Waals surface area contributed by atoms with Gasteiger partial charge in [0.05, 0.1) is 24.5 Å². The highest BCUT2D eigenvalue weighted by atomic mass is 79.9. The molecule has 0 unspecified atom stereocenters. The number of carbonyl (C=O) groups is 3. The van der Waals surface area contributed by atoms with E-state index in [4.69, 9.17) is 0 Å². The molecule has 1 saturated heterocycles. The van der Waals surface area contributed by atoms with Gasteiger partial charge >= 0.3 is 6.03 Å². The first-order valence-corrected chi connectivity index (χ1v) is 11.1. The number of carbonyl (C=O) groups excluding carboxylic acids is 3. The SMILES string of the molecule is CN(CC(=O)Nc1cccc(CN2C(=O)CNC2=O)c1)S(=O)(=O)c1ccc(Br)cc1. The Bertz CT molecular complexity index is 1070. The number of anilines is 1. The van der Waals surface area contributed by atoms with Crippen LogP contribution >= 0.6 is 15.9 Å². The van der Waals surface area contributed by atoms with Gasteiger partial charge in [0.15, 0.2) is 0 Å². The Morgan fingerprint density at radius 3 is 2.53 bits per heavy atom. The largest absolute Gasteiger partial charge is 0.329 e. The minimum Gasteiger partial charge on any atom is -0.329 e. The Balaban J connectivity index is 1.64. The van der Waals surface area contributed by atoms with Crippen LogP contribution in [0.3, 0.4) is 0 Å². The van der Waals surface area contributed by atoms with E-state index >= 15 is 0 Å². The minimum absolute atomic E-state index is 0.0333. The highest BCUT2D eigenvalue weighted by Crippen LogP contribution is 2.18. The zero-order valence-corrected chi connectivity index (χ0v) is 18.4. The third-order valence-electron chi connectivity index (χ3n) is 4.38. The molecule has 158 valence electrons. The van der Waals surface area contributed by atoms with Gasteiger partial charge in [-0.2, -0.15) is 4.31 Å². The number of imide groups is 1. The number of sulfonamides is 1. The summed E-state index contributed by atoms with van der Waals surface area (Å²) in [7, 11) is -2.49. The lowest BCUT2D eigenvalue weighted by molar-refractivity contribution is -0.125. The molecule has 0 aromatic heterocycles. The van der Waals surface area contributed by atoms with E-state index in [1.165, 1.54) is 19.2 Å². The Morgan fingerprint density at radius 1 is 1.20 bits per heavy atom. The van der Waals surface area contributed by atoms with Gasteiger partial charge in [-0.1, -0.05) is 28.1 Å². The molecule has 9 nitrogen and oxygen atoms in total. The molecular weight excluding hydrogens is 476 g/mol. The summed E-state index contributed by atoms with van der Waals surface area (Å²) in [6, 6.07) is 12.3. The van der Waals surface area contributed by atoms with Crippen molar-refractivity contribution in [2.45, 2.75) is 11.4 Å². The van der Waals surface area contributed by atoms with Crippen molar-refractivity contribution >= 4 is 49.5 Å². The fourth-order valence-electron chi connectivity index (χ4n) is 2.82. The van der Waals surface area contributed by atoms with Gasteiger partial charge in [-0.25, -0.2) is 13.2 Å². The first-order valence-electron chi connectivity index (χ1n) is 8.86. The molecule has 2 aromatic rings. The summed E-state index contributed by atoms with van der Waals surface area (Å²) in [4.78, 5) is 36.9. The van der Waals surface area contributed by atoms with E-state index in [9.17, 15) is 22.8 Å². The molecule has 3 rings (SSSR count). The number of rotatable bonds is 7. The molecule has 0 spiro atoms. The molecule has 0 aliphatic carbocycles. The van der Waals surface area contributed by atoms with E-state index in [2.05, 4.69) is 26.6 Å². The number of halogens is 1. The van der Waals surface area contributed by atoms with Crippen LogP contribution in [0.25, 0.3) is 0 Å². The van der Waals surface area contributed by atoms with Gasteiger partial charge < -0.3 is 10.6 Å². The highest BCUT2D eigenvalue weighted by molar-refractivity contribution is 9.10. The van der Waals surface area contributed by atoms with Crippen molar-refractivity contribution in [3.05, 3.63) is 58.6 Å². The standard InChI is InChI=1S/C19H19BrN4O5S/c1-23(30(28,29)16-7-5-14(20)6-8-16)12-17(25)22-15-4-2-3-13(9-15)11-24-18(26)10-21-19(24)27/h2-9H,10-12H2,1H3,(H,21,27)(H,22,25). The van der Waals surface area contributed by atoms with Crippen LogP contribution in [-0.2, 0) is 26.2 Å². The summed E-state index contributed by atoms with van der Waals surface area (Å²) in [6.45, 7) is -0.337. The van der Waals surface area contributed by atoms with Crippen molar-refractivity contribution in [1.29, 1.82) is 0 Å². The van der Waals surface area contributed by atoms with Gasteiger partial charge in [-0.3, -0.25) is 14.5 Å². The molecule has 11 heteroatoms. The van der Waals surface area contributed by atoms with Crippen molar-refractivity contribution in [2.24, 2.45) is 0 Å². The van der Waals surface area contributed by atoms with E-state index in [-0.39, 0.29) is 30.4 Å². The summed E-state index contributed by atoms with van der Waals surface area (Å²) < 4.78 is 26.9. The summed E-state index contributed by atoms with van der Waals surface area (Å²) in [6.07, 6.45) is 0. The van der Waals surface area contributed by atoms with E-state index in [0.29, 0.717) is 11.3 Å². The maximum atomic E-state index is 12.6. The molecule has 1 fully saturated rings. The number of urea groups is 1. The predicted molar refractivity (Wildman–Crippen MR) is 113 cm³/mol. The van der Waals surface area contributed by atoms with Crippen LogP contribution in [0.5, 0.6) is 0 Å². The molecule has 2 aromatic carbocycles. The lowest BCUT2D eigenvalue weighted by Gasteiger charge is -2.17. The molecule has 1 aliphatic rings. The summed E-state index contributed by atoms with van der Waals surface area (Å²) in [5.41, 5.74) is 1.08. The Hall–Kier alpha value is -2.76. The van der Waals surface area contributed by atoms with Gasteiger partial charge in [0.25, 0.3) is 0 Å². The molecule has 30 heavy (non-hydrogen) atoms. The number of benzene rings is 2. The average Bonchev–Trinajstić information content (AvgIpc) is 3.00. The van der Waals surface area contributed by atoms with Crippen molar-refractivity contribution in [3.8, 4) is 0 Å². The monoisotopic (exact) mass is 494 g/mol. The smallest absolute Gasteiger partial charge is 0.324 e. The lowest BCUT2D eigenvalue weighted by atomic mass is 10.2. The normalized spacial score (nSPS) is 14.2. The Labute approximate surface area is 182 Å². The molecule has 2 N–H and O–H groups in total. The summed E-state index contributed by atoms with van der Waals surface area (Å²) in [5, 5.41) is 5.08. The molecule has 0 saturated carbocycles. The minimum atomic E-state index is -3.82. The lowest BCUT2D eigenvalue weighted by Crippen LogP contribution is -2.35. The fraction of sp³-hybridized carbons (Fsp3) is 0.211. The van der Waals surface area contributed by atoms with Crippen LogP contribution in [0.1, 0.15) is 5.56 Å². The van der Waals surface area contributed by atoms with Crippen molar-refractivity contribution in [1.82, 2.24) is 14.5 Å². The second-order valence-corrected chi connectivity index (χ2v) is 9.56. The first-order chi connectivity index (χ1) is 14.2. The molecule has 1 heterocycles. The van der Waals surface area contributed by atoms with E-state index in [1.807, 2.05) is 0 Å². The number of nitrogens with zero attached hydrogens (tertiary/aromatic N) is 2. The molecule has 0 atom stereocenters. The van der Waals surface area contributed by atoms with Gasteiger partial charge in [-0.05, 0) is 42.0 Å². The zero-order chi connectivity index (χ0) is 21.9. The number of hydrogen-bond acceptors (Lipinski definition) is 5. The molecule has 0 bridgehead atoms. The van der Waals surface area contributed by atoms with Crippen LogP contribution in [-0.4, -0.2) is 55.6 Å². The third kappa shape index (κ3) is 5.04. The van der Waals surface area contributed by atoms with Crippen LogP contribution in [0.15, 0.2) is 57.9 Å². The first kappa shape index (κ1) is 21.9. The van der Waals surface area contributed by atoms with Crippen LogP contribution < -0.4 is 10.6 Å². The van der Waals surface area contributed by atoms with Crippen LogP contribution in [0.2, 0.25) is 0 Å². The van der Waals surface area contributed by atoms with Crippen LogP contribution in [0, 0.1) is 0 Å². The highest BCUT2D eigenvalue weighted by Gasteiger charge is 2.28. The van der Waals surface area contributed by atoms with Gasteiger partial charge in [0.1, 0.15) is 0 Å². The van der Waals surface area contributed by atoms with E-state index in [1.54, 1.807) is 36.4 Å². The van der Waals surface area contributed by atoms with Crippen LogP contribution in [0.4, 0.5) is 10.5 Å². The number of nitrogens with one attached hydrogen (secondary N) is 2. The maximum Gasteiger partial charge on any atom is 0.324 e. The van der Waals surface area contributed by atoms with E-state index < -0.39 is 22.0 Å². The average molecular weight is 495 g/mol. The van der Waals surface area contributed by atoms with Gasteiger partial charge in [-0.15, -0.1) is 0 Å². The zero-order valence-electron chi connectivity index (χ0n) is 16.0. The fourth-order valence-corrected chi connectivity index (χ4v) is 4.21. The van der Waals surface area contributed by atoms with Gasteiger partial charge in [0, 0.05) is 17.2 Å². The number of amides is 4. The van der Waals surface area contributed by atoms with Gasteiger partial charge in [0.2, 0.25) is 21.8 Å². The Kier molecular flexibility index (Phi) is 6.54. The second kappa shape index (κ2) is 8.94. The second-order valence-electron chi connectivity index (χ2n) is 6.60. The topological polar surface area (TPSA) is 116 Å². The maximum absolute atomic E-state index is 12.6. The number of hydrogen-bond donors (Lipinski definition) is 2. The van der Waals surface area contributed by atoms with Crippen molar-refractivity contribution in [3.63, 3.8) is 0 Å². The quantitative estimate of drug-likeness (QED) is 0.568. The molecule has 4 amide bonds. The van der Waals surface area contributed by atoms with Crippen molar-refractivity contribution < 1.29 is 22.8 Å². The summed E-state index contributed by atoms with van der Waals surface area (Å²) >= 11 is 3.25. The molecule has 1 aliphatic heterocycles. The third-order valence-corrected chi connectivity index (χ3v) is 6.72. The van der Waals surface area contributed by atoms with E-state index in [0.717, 1.165) is 13.7 Å². The summed E-state index contributed by atoms with van der Waals surface area (Å²) in [5.74, 6) is -0.848. The predicted octanol–water partition coefficient (Wildman–Crippen LogP) is 1.76. The molecule has 0 radical (unpaired) electrons. The molecular formula is C19H19BrN4O5S. The number of likely N-dealkylation sites (N-methyl/N-ethyl adjacent to an activating group) is 1. The Morgan fingerprint density at radius 2 is 1.90 bits per heavy atom.